The molecule has 1 unspecified atom stereocenters. The summed E-state index contributed by atoms with van der Waals surface area (Å²) in [5, 5.41) is 13.9. The highest BCUT2D eigenvalue weighted by molar-refractivity contribution is 6.36. The van der Waals surface area contributed by atoms with Gasteiger partial charge in [0.05, 0.1) is 6.07 Å². The Morgan fingerprint density at radius 1 is 1.22 bits per heavy atom. The number of hydrogen-bond donors (Lipinski definition) is 1. The number of nitrogens with zero attached hydrogens (tertiary/aromatic N) is 2. The second-order valence-electron chi connectivity index (χ2n) is 4.31. The van der Waals surface area contributed by atoms with E-state index in [0.29, 0.717) is 10.0 Å². The predicted molar refractivity (Wildman–Crippen MR) is 73.9 cm³/mol. The average molecular weight is 284 g/mol. The van der Waals surface area contributed by atoms with E-state index in [-0.39, 0.29) is 6.04 Å². The van der Waals surface area contributed by atoms with Crippen LogP contribution in [0.2, 0.25) is 10.0 Å². The zero-order valence-corrected chi connectivity index (χ0v) is 11.5. The smallest absolute Gasteiger partial charge is 0.126 e. The van der Waals surface area contributed by atoms with Gasteiger partial charge in [-0.3, -0.25) is 4.90 Å². The summed E-state index contributed by atoms with van der Waals surface area (Å²) in [7, 11) is 0. The third kappa shape index (κ3) is 2.96. The average Bonchev–Trinajstić information content (AvgIpc) is 2.63. The van der Waals surface area contributed by atoms with E-state index in [1.807, 2.05) is 0 Å². The summed E-state index contributed by atoms with van der Waals surface area (Å²) in [6, 6.07) is 7.32. The first-order valence-corrected chi connectivity index (χ1v) is 6.78. The van der Waals surface area contributed by atoms with Gasteiger partial charge in [0, 0.05) is 35.2 Å². The third-order valence-corrected chi connectivity index (χ3v) is 3.79. The monoisotopic (exact) mass is 283 g/mol. The second kappa shape index (κ2) is 6.40. The summed E-state index contributed by atoms with van der Waals surface area (Å²) >= 11 is 12.4. The van der Waals surface area contributed by atoms with Crippen LogP contribution in [0.1, 0.15) is 18.0 Å². The number of rotatable bonds is 2. The maximum Gasteiger partial charge on any atom is 0.126 e. The zero-order valence-electron chi connectivity index (χ0n) is 10.00. The van der Waals surface area contributed by atoms with Gasteiger partial charge in [0.25, 0.3) is 0 Å². The Morgan fingerprint density at radius 2 is 1.94 bits per heavy atom. The number of nitriles is 1. The molecule has 1 aliphatic heterocycles. The lowest BCUT2D eigenvalue weighted by molar-refractivity contribution is 0.252. The van der Waals surface area contributed by atoms with Crippen molar-refractivity contribution in [3.05, 3.63) is 33.8 Å². The first kappa shape index (κ1) is 13.6. The molecule has 1 saturated heterocycles. The van der Waals surface area contributed by atoms with Gasteiger partial charge in [0.1, 0.15) is 6.04 Å². The van der Waals surface area contributed by atoms with Gasteiger partial charge in [-0.1, -0.05) is 29.3 Å². The molecule has 18 heavy (non-hydrogen) atoms. The molecule has 1 atom stereocenters. The summed E-state index contributed by atoms with van der Waals surface area (Å²) in [6.07, 6.45) is 1.03. The SMILES string of the molecule is N#CC(c1c(Cl)cccc1Cl)N1CCCNCC1. The molecule has 0 aliphatic carbocycles. The van der Waals surface area contributed by atoms with Crippen LogP contribution in [0.4, 0.5) is 0 Å². The number of hydrogen-bond acceptors (Lipinski definition) is 3. The molecule has 1 aliphatic rings. The van der Waals surface area contributed by atoms with Crippen molar-refractivity contribution in [3.63, 3.8) is 0 Å². The highest BCUT2D eigenvalue weighted by atomic mass is 35.5. The van der Waals surface area contributed by atoms with E-state index >= 15 is 0 Å². The largest absolute Gasteiger partial charge is 0.315 e. The van der Waals surface area contributed by atoms with Gasteiger partial charge >= 0.3 is 0 Å². The summed E-state index contributed by atoms with van der Waals surface area (Å²) in [6.45, 7) is 3.59. The van der Waals surface area contributed by atoms with Gasteiger partial charge in [-0.15, -0.1) is 0 Å². The Balaban J connectivity index is 2.30. The van der Waals surface area contributed by atoms with Crippen molar-refractivity contribution in [3.8, 4) is 6.07 Å². The number of nitrogens with one attached hydrogen (secondary N) is 1. The van der Waals surface area contributed by atoms with Crippen LogP contribution in [0.3, 0.4) is 0 Å². The fourth-order valence-corrected chi connectivity index (χ4v) is 2.83. The molecule has 2 rings (SSSR count). The van der Waals surface area contributed by atoms with Crippen molar-refractivity contribution in [1.82, 2.24) is 10.2 Å². The Kier molecular flexibility index (Phi) is 4.85. The van der Waals surface area contributed by atoms with Crippen LogP contribution in [0, 0.1) is 11.3 Å². The summed E-state index contributed by atoms with van der Waals surface area (Å²) in [5.74, 6) is 0. The van der Waals surface area contributed by atoms with E-state index in [0.717, 1.165) is 38.2 Å². The van der Waals surface area contributed by atoms with Crippen molar-refractivity contribution >= 4 is 23.2 Å². The molecule has 0 radical (unpaired) electrons. The van der Waals surface area contributed by atoms with E-state index in [9.17, 15) is 5.26 Å². The fourth-order valence-electron chi connectivity index (χ4n) is 2.23. The Labute approximate surface area is 117 Å². The van der Waals surface area contributed by atoms with Gasteiger partial charge in [-0.05, 0) is 25.1 Å². The van der Waals surface area contributed by atoms with Crippen LogP contribution in [-0.4, -0.2) is 31.1 Å². The van der Waals surface area contributed by atoms with E-state index in [1.165, 1.54) is 0 Å². The molecule has 0 bridgehead atoms. The van der Waals surface area contributed by atoms with E-state index < -0.39 is 0 Å². The second-order valence-corrected chi connectivity index (χ2v) is 5.12. The van der Waals surface area contributed by atoms with Crippen LogP contribution in [-0.2, 0) is 0 Å². The molecule has 0 saturated carbocycles. The summed E-state index contributed by atoms with van der Waals surface area (Å²) in [4.78, 5) is 2.13. The molecular weight excluding hydrogens is 269 g/mol. The minimum Gasteiger partial charge on any atom is -0.315 e. The highest BCUT2D eigenvalue weighted by Gasteiger charge is 2.25. The van der Waals surface area contributed by atoms with Crippen molar-refractivity contribution < 1.29 is 0 Å². The molecule has 0 spiro atoms. The van der Waals surface area contributed by atoms with Crippen LogP contribution < -0.4 is 5.32 Å². The Hall–Kier alpha value is -0.790. The molecule has 5 heteroatoms. The molecule has 1 N–H and O–H groups in total. The van der Waals surface area contributed by atoms with Crippen LogP contribution in [0.15, 0.2) is 18.2 Å². The number of halogens is 2. The molecule has 0 aromatic heterocycles. The molecule has 1 aromatic carbocycles. The topological polar surface area (TPSA) is 39.1 Å². The van der Waals surface area contributed by atoms with Crippen molar-refractivity contribution in [1.29, 1.82) is 5.26 Å². The predicted octanol–water partition coefficient (Wildman–Crippen LogP) is 2.85. The lowest BCUT2D eigenvalue weighted by Gasteiger charge is -2.26. The van der Waals surface area contributed by atoms with Crippen LogP contribution in [0.25, 0.3) is 0 Å². The first-order valence-electron chi connectivity index (χ1n) is 6.02. The van der Waals surface area contributed by atoms with Crippen molar-refractivity contribution in [2.75, 3.05) is 26.2 Å². The standard InChI is InChI=1S/C13H15Cl2N3/c14-10-3-1-4-11(15)13(10)12(9-16)18-7-2-5-17-6-8-18/h1,3-4,12,17H,2,5-8H2. The molecular formula is C13H15Cl2N3. The summed E-state index contributed by atoms with van der Waals surface area (Å²) < 4.78 is 0. The molecule has 1 aromatic rings. The highest BCUT2D eigenvalue weighted by Crippen LogP contribution is 2.33. The Morgan fingerprint density at radius 3 is 2.61 bits per heavy atom. The molecule has 3 nitrogen and oxygen atoms in total. The lowest BCUT2D eigenvalue weighted by atomic mass is 10.1. The minimum absolute atomic E-state index is 0.369. The van der Waals surface area contributed by atoms with Crippen LogP contribution in [0.5, 0.6) is 0 Å². The quantitative estimate of drug-likeness (QED) is 0.907. The zero-order chi connectivity index (χ0) is 13.0. The van der Waals surface area contributed by atoms with Crippen LogP contribution >= 0.6 is 23.2 Å². The van der Waals surface area contributed by atoms with E-state index in [1.54, 1.807) is 18.2 Å². The summed E-state index contributed by atoms with van der Waals surface area (Å²) in [5.41, 5.74) is 0.727. The van der Waals surface area contributed by atoms with E-state index in [4.69, 9.17) is 23.2 Å². The molecule has 1 fully saturated rings. The van der Waals surface area contributed by atoms with Gasteiger partial charge in [0.2, 0.25) is 0 Å². The molecule has 1 heterocycles. The van der Waals surface area contributed by atoms with Gasteiger partial charge in [0.15, 0.2) is 0 Å². The van der Waals surface area contributed by atoms with Gasteiger partial charge in [-0.2, -0.15) is 5.26 Å². The third-order valence-electron chi connectivity index (χ3n) is 3.14. The number of benzene rings is 1. The maximum atomic E-state index is 9.44. The maximum absolute atomic E-state index is 9.44. The fraction of sp³-hybridized carbons (Fsp3) is 0.462. The first-order chi connectivity index (χ1) is 8.74. The Bertz CT molecular complexity index is 428. The van der Waals surface area contributed by atoms with Gasteiger partial charge < -0.3 is 5.32 Å². The normalized spacial score (nSPS) is 18.9. The van der Waals surface area contributed by atoms with Crippen molar-refractivity contribution in [2.45, 2.75) is 12.5 Å². The minimum atomic E-state index is -0.369. The van der Waals surface area contributed by atoms with E-state index in [2.05, 4.69) is 16.3 Å². The van der Waals surface area contributed by atoms with Crippen molar-refractivity contribution in [2.24, 2.45) is 0 Å². The molecule has 0 amide bonds. The molecule has 96 valence electrons. The van der Waals surface area contributed by atoms with Gasteiger partial charge in [-0.25, -0.2) is 0 Å². The lowest BCUT2D eigenvalue weighted by Crippen LogP contribution is -2.31.